The third-order valence-corrected chi connectivity index (χ3v) is 5.92. The number of hydrogen-bond donors (Lipinski definition) is 1. The lowest BCUT2D eigenvalue weighted by molar-refractivity contribution is -0.113. The molecule has 5 nitrogen and oxygen atoms in total. The van der Waals surface area contributed by atoms with Crippen LogP contribution in [-0.4, -0.2) is 30.9 Å². The lowest BCUT2D eigenvalue weighted by Gasteiger charge is -2.11. The maximum Gasteiger partial charge on any atom is 0.234 e. The fourth-order valence-electron chi connectivity index (χ4n) is 2.55. The smallest absolute Gasteiger partial charge is 0.234 e. The summed E-state index contributed by atoms with van der Waals surface area (Å²) in [5.41, 5.74) is 3.93. The van der Waals surface area contributed by atoms with Crippen molar-refractivity contribution in [2.24, 2.45) is 0 Å². The van der Waals surface area contributed by atoms with E-state index in [1.165, 1.54) is 17.3 Å². The molecule has 146 valence electrons. The zero-order chi connectivity index (χ0) is 19.9. The Balaban J connectivity index is 1.53. The first-order valence-corrected chi connectivity index (χ1v) is 10.7. The Kier molecular flexibility index (Phi) is 6.95. The number of anilines is 1. The molecule has 1 heterocycles. The van der Waals surface area contributed by atoms with Crippen molar-refractivity contribution in [1.29, 1.82) is 0 Å². The van der Waals surface area contributed by atoms with Crippen LogP contribution in [0.2, 0.25) is 0 Å². The van der Waals surface area contributed by atoms with Crippen molar-refractivity contribution in [2.45, 2.75) is 12.7 Å². The van der Waals surface area contributed by atoms with E-state index >= 15 is 0 Å². The van der Waals surface area contributed by atoms with Gasteiger partial charge < -0.3 is 14.8 Å². The van der Waals surface area contributed by atoms with Crippen molar-refractivity contribution in [2.75, 3.05) is 25.3 Å². The largest absolute Gasteiger partial charge is 0.497 e. The molecule has 0 bridgehead atoms. The molecule has 0 saturated heterocycles. The first kappa shape index (κ1) is 20.2. The third-order valence-electron chi connectivity index (χ3n) is 4.01. The molecular formula is C21H22N2O3S2. The van der Waals surface area contributed by atoms with Gasteiger partial charge in [-0.05, 0) is 19.1 Å². The minimum Gasteiger partial charge on any atom is -0.497 e. The standard InChI is InChI=1S/C21H22N2O3S2/c1-14-4-6-15(7-5-14)21-22-16(12-28-21)11-27-13-20(24)23-18-10-17(25-2)8-9-19(18)26-3/h4-10,12H,11,13H2,1-3H3,(H,23,24). The molecule has 3 rings (SSSR count). The lowest BCUT2D eigenvalue weighted by Crippen LogP contribution is -2.15. The monoisotopic (exact) mass is 414 g/mol. The molecule has 0 aliphatic rings. The summed E-state index contributed by atoms with van der Waals surface area (Å²) in [7, 11) is 3.15. The summed E-state index contributed by atoms with van der Waals surface area (Å²) in [6.07, 6.45) is 0. The van der Waals surface area contributed by atoms with E-state index in [-0.39, 0.29) is 5.91 Å². The molecular weight excluding hydrogens is 392 g/mol. The predicted molar refractivity (Wildman–Crippen MR) is 117 cm³/mol. The Bertz CT molecular complexity index is 939. The van der Waals surface area contributed by atoms with Gasteiger partial charge in [-0.1, -0.05) is 29.8 Å². The van der Waals surface area contributed by atoms with E-state index in [4.69, 9.17) is 9.47 Å². The molecule has 28 heavy (non-hydrogen) atoms. The summed E-state index contributed by atoms with van der Waals surface area (Å²) in [5, 5.41) is 5.92. The second kappa shape index (κ2) is 9.61. The number of nitrogens with one attached hydrogen (secondary N) is 1. The van der Waals surface area contributed by atoms with E-state index < -0.39 is 0 Å². The van der Waals surface area contributed by atoms with E-state index in [0.29, 0.717) is 28.7 Å². The van der Waals surface area contributed by atoms with E-state index in [0.717, 1.165) is 16.3 Å². The van der Waals surface area contributed by atoms with Gasteiger partial charge in [-0.3, -0.25) is 4.79 Å². The first-order valence-electron chi connectivity index (χ1n) is 8.70. The van der Waals surface area contributed by atoms with Crippen LogP contribution in [0.3, 0.4) is 0 Å². The molecule has 0 aliphatic carbocycles. The Hall–Kier alpha value is -2.51. The summed E-state index contributed by atoms with van der Waals surface area (Å²) in [4.78, 5) is 17.0. The normalized spacial score (nSPS) is 10.5. The van der Waals surface area contributed by atoms with Crippen LogP contribution >= 0.6 is 23.1 Å². The number of methoxy groups -OCH3 is 2. The van der Waals surface area contributed by atoms with Crippen LogP contribution < -0.4 is 14.8 Å². The van der Waals surface area contributed by atoms with E-state index in [1.807, 2.05) is 5.38 Å². The average Bonchev–Trinajstić information content (AvgIpc) is 3.17. The number of ether oxygens (including phenoxy) is 2. The first-order chi connectivity index (χ1) is 13.6. The highest BCUT2D eigenvalue weighted by molar-refractivity contribution is 7.99. The maximum atomic E-state index is 12.3. The molecule has 2 aromatic carbocycles. The number of nitrogens with zero attached hydrogens (tertiary/aromatic N) is 1. The minimum atomic E-state index is -0.0921. The van der Waals surface area contributed by atoms with E-state index in [9.17, 15) is 4.79 Å². The van der Waals surface area contributed by atoms with E-state index in [2.05, 4.69) is 41.5 Å². The van der Waals surface area contributed by atoms with Crippen LogP contribution in [0.1, 0.15) is 11.3 Å². The van der Waals surface area contributed by atoms with Gasteiger partial charge in [-0.25, -0.2) is 4.98 Å². The fourth-order valence-corrected chi connectivity index (χ4v) is 4.20. The molecule has 0 fully saturated rings. The highest BCUT2D eigenvalue weighted by atomic mass is 32.2. The number of rotatable bonds is 8. The van der Waals surface area contributed by atoms with Crippen LogP contribution in [0, 0.1) is 6.92 Å². The van der Waals surface area contributed by atoms with Crippen molar-refractivity contribution in [1.82, 2.24) is 4.98 Å². The molecule has 0 saturated carbocycles. The van der Waals surface area contributed by atoms with Gasteiger partial charge in [-0.15, -0.1) is 23.1 Å². The highest BCUT2D eigenvalue weighted by Gasteiger charge is 2.10. The number of hydrogen-bond acceptors (Lipinski definition) is 6. The number of thioether (sulfide) groups is 1. The highest BCUT2D eigenvalue weighted by Crippen LogP contribution is 2.29. The zero-order valence-corrected chi connectivity index (χ0v) is 17.7. The average molecular weight is 415 g/mol. The van der Waals surface area contributed by atoms with Gasteiger partial charge in [0, 0.05) is 22.8 Å². The Labute approximate surface area is 173 Å². The molecule has 0 aliphatic heterocycles. The van der Waals surface area contributed by atoms with Gasteiger partial charge in [0.1, 0.15) is 16.5 Å². The fraction of sp³-hybridized carbons (Fsp3) is 0.238. The molecule has 0 radical (unpaired) electrons. The number of aryl methyl sites for hydroxylation is 1. The second-order valence-corrected chi connectivity index (χ2v) is 7.96. The summed E-state index contributed by atoms with van der Waals surface area (Å²) in [6, 6.07) is 13.6. The lowest BCUT2D eigenvalue weighted by atomic mass is 10.2. The van der Waals surface area contributed by atoms with E-state index in [1.54, 1.807) is 43.8 Å². The van der Waals surface area contributed by atoms with Gasteiger partial charge in [-0.2, -0.15) is 0 Å². The summed E-state index contributed by atoms with van der Waals surface area (Å²) >= 11 is 3.15. The van der Waals surface area contributed by atoms with Crippen molar-refractivity contribution in [3.63, 3.8) is 0 Å². The van der Waals surface area contributed by atoms with Crippen LogP contribution in [0.5, 0.6) is 11.5 Å². The maximum absolute atomic E-state index is 12.3. The molecule has 0 atom stereocenters. The topological polar surface area (TPSA) is 60.5 Å². The minimum absolute atomic E-state index is 0.0921. The van der Waals surface area contributed by atoms with Gasteiger partial charge in [0.05, 0.1) is 31.4 Å². The molecule has 7 heteroatoms. The van der Waals surface area contributed by atoms with Crippen molar-refractivity contribution in [3.8, 4) is 22.1 Å². The number of aromatic nitrogens is 1. The molecule has 0 unspecified atom stereocenters. The molecule has 0 spiro atoms. The number of carbonyl (C=O) groups is 1. The van der Waals surface area contributed by atoms with Crippen LogP contribution in [0.25, 0.3) is 10.6 Å². The molecule has 1 amide bonds. The van der Waals surface area contributed by atoms with Crippen molar-refractivity contribution in [3.05, 3.63) is 59.1 Å². The van der Waals surface area contributed by atoms with Crippen molar-refractivity contribution >= 4 is 34.7 Å². The second-order valence-electron chi connectivity index (χ2n) is 6.12. The number of thiazole rings is 1. The quantitative estimate of drug-likeness (QED) is 0.562. The number of benzene rings is 2. The molecule has 1 aromatic heterocycles. The van der Waals surface area contributed by atoms with Gasteiger partial charge in [0.2, 0.25) is 5.91 Å². The van der Waals surface area contributed by atoms with Crippen LogP contribution in [-0.2, 0) is 10.5 Å². The summed E-state index contributed by atoms with van der Waals surface area (Å²) in [5.74, 6) is 2.18. The van der Waals surface area contributed by atoms with Crippen molar-refractivity contribution < 1.29 is 14.3 Å². The number of carbonyl (C=O) groups excluding carboxylic acids is 1. The molecule has 3 aromatic rings. The predicted octanol–water partition coefficient (Wildman–Crippen LogP) is 5.01. The van der Waals surface area contributed by atoms with Gasteiger partial charge in [0.15, 0.2) is 0 Å². The number of amides is 1. The zero-order valence-electron chi connectivity index (χ0n) is 16.0. The Morgan fingerprint density at radius 1 is 1.14 bits per heavy atom. The Morgan fingerprint density at radius 2 is 1.93 bits per heavy atom. The van der Waals surface area contributed by atoms with Gasteiger partial charge in [0.25, 0.3) is 0 Å². The SMILES string of the molecule is COc1ccc(OC)c(NC(=O)CSCc2csc(-c3ccc(C)cc3)n2)c1. The Morgan fingerprint density at radius 3 is 2.64 bits per heavy atom. The van der Waals surface area contributed by atoms with Gasteiger partial charge >= 0.3 is 0 Å². The van der Waals surface area contributed by atoms with Crippen LogP contribution in [0.4, 0.5) is 5.69 Å². The summed E-state index contributed by atoms with van der Waals surface area (Å²) in [6.45, 7) is 2.07. The van der Waals surface area contributed by atoms with Crippen LogP contribution in [0.15, 0.2) is 47.8 Å². The third kappa shape index (κ3) is 5.27. The molecule has 1 N–H and O–H groups in total. The summed E-state index contributed by atoms with van der Waals surface area (Å²) < 4.78 is 10.5.